The lowest BCUT2D eigenvalue weighted by Crippen LogP contribution is -2.11. The van der Waals surface area contributed by atoms with Gasteiger partial charge in [0.15, 0.2) is 0 Å². The second-order valence-electron chi connectivity index (χ2n) is 5.17. The predicted molar refractivity (Wildman–Crippen MR) is 87.4 cm³/mol. The van der Waals surface area contributed by atoms with Gasteiger partial charge in [-0.05, 0) is 55.6 Å². The van der Waals surface area contributed by atoms with Crippen LogP contribution in [0, 0.1) is 20.8 Å². The monoisotopic (exact) mass is 304 g/mol. The summed E-state index contributed by atoms with van der Waals surface area (Å²) in [7, 11) is 0. The lowest BCUT2D eigenvalue weighted by Gasteiger charge is -2.14. The van der Waals surface area contributed by atoms with Gasteiger partial charge in [0, 0.05) is 12.7 Å². The number of aromatic nitrogens is 1. The van der Waals surface area contributed by atoms with Crippen molar-refractivity contribution >= 4 is 11.6 Å². The van der Waals surface area contributed by atoms with E-state index < -0.39 is 0 Å². The maximum atomic E-state index is 6.29. The van der Waals surface area contributed by atoms with Crippen molar-refractivity contribution in [2.24, 2.45) is 0 Å². The van der Waals surface area contributed by atoms with Gasteiger partial charge in [0.2, 0.25) is 5.88 Å². The Morgan fingerprint density at radius 1 is 1.19 bits per heavy atom. The van der Waals surface area contributed by atoms with Crippen LogP contribution in [0.4, 0.5) is 0 Å². The Morgan fingerprint density at radius 2 is 1.90 bits per heavy atom. The summed E-state index contributed by atoms with van der Waals surface area (Å²) in [4.78, 5) is 4.34. The normalized spacial score (nSPS) is 10.7. The zero-order chi connectivity index (χ0) is 15.4. The third-order valence-electron chi connectivity index (χ3n) is 3.52. The van der Waals surface area contributed by atoms with Crippen LogP contribution in [0.15, 0.2) is 24.4 Å². The van der Waals surface area contributed by atoms with E-state index >= 15 is 0 Å². The molecule has 2 aromatic rings. The van der Waals surface area contributed by atoms with E-state index in [1.807, 2.05) is 26.0 Å². The van der Waals surface area contributed by atoms with Gasteiger partial charge in [-0.25, -0.2) is 4.98 Å². The number of aryl methyl sites for hydroxylation is 2. The summed E-state index contributed by atoms with van der Waals surface area (Å²) in [6.45, 7) is 9.87. The quantitative estimate of drug-likeness (QED) is 0.879. The van der Waals surface area contributed by atoms with Crippen LogP contribution in [0.3, 0.4) is 0 Å². The Hall–Kier alpha value is -1.58. The largest absolute Gasteiger partial charge is 0.437 e. The predicted octanol–water partition coefficient (Wildman–Crippen LogP) is 4.56. The minimum Gasteiger partial charge on any atom is -0.437 e. The molecule has 0 bridgehead atoms. The average Bonchev–Trinajstić information content (AvgIpc) is 2.47. The second kappa shape index (κ2) is 6.92. The molecular formula is C17H21ClN2O. The fraction of sp³-hybridized carbons (Fsp3) is 0.353. The molecule has 1 aromatic heterocycles. The first kappa shape index (κ1) is 15.8. The van der Waals surface area contributed by atoms with Gasteiger partial charge < -0.3 is 10.1 Å². The van der Waals surface area contributed by atoms with Crippen LogP contribution < -0.4 is 10.1 Å². The van der Waals surface area contributed by atoms with Gasteiger partial charge in [-0.15, -0.1) is 0 Å². The Balaban J connectivity index is 2.26. The van der Waals surface area contributed by atoms with Gasteiger partial charge in [0.05, 0.1) is 0 Å². The number of ether oxygens (including phenoxy) is 1. The van der Waals surface area contributed by atoms with E-state index in [0.717, 1.165) is 35.5 Å². The number of nitrogens with zero attached hydrogens (tertiary/aromatic N) is 1. The molecule has 4 heteroatoms. The highest BCUT2D eigenvalue weighted by atomic mass is 35.5. The molecule has 0 spiro atoms. The van der Waals surface area contributed by atoms with Gasteiger partial charge >= 0.3 is 0 Å². The molecule has 1 N–H and O–H groups in total. The average molecular weight is 305 g/mol. The van der Waals surface area contributed by atoms with E-state index in [-0.39, 0.29) is 0 Å². The minimum atomic E-state index is 0.453. The standard InChI is InChI=1S/C17H21ClN2O/c1-5-19-9-14-8-15(18)17(20-10-14)21-16-12(3)7-6-11(2)13(16)4/h6-8,10,19H,5,9H2,1-4H3. The van der Waals surface area contributed by atoms with Gasteiger partial charge in [0.25, 0.3) is 0 Å². The zero-order valence-corrected chi connectivity index (χ0v) is 13.7. The van der Waals surface area contributed by atoms with Gasteiger partial charge in [-0.3, -0.25) is 0 Å². The van der Waals surface area contributed by atoms with Crippen LogP contribution in [0.1, 0.15) is 29.2 Å². The SMILES string of the molecule is CCNCc1cnc(Oc2c(C)ccc(C)c2C)c(Cl)c1. The number of rotatable bonds is 5. The number of halogens is 1. The third kappa shape index (κ3) is 3.74. The number of pyridine rings is 1. The second-order valence-corrected chi connectivity index (χ2v) is 5.57. The van der Waals surface area contributed by atoms with Crippen molar-refractivity contribution in [2.75, 3.05) is 6.54 Å². The summed E-state index contributed by atoms with van der Waals surface area (Å²) < 4.78 is 5.95. The first-order valence-corrected chi connectivity index (χ1v) is 7.50. The van der Waals surface area contributed by atoms with E-state index in [1.165, 1.54) is 5.56 Å². The molecule has 0 fully saturated rings. The molecule has 1 heterocycles. The molecule has 0 saturated heterocycles. The van der Waals surface area contributed by atoms with Crippen LogP contribution in [0.25, 0.3) is 0 Å². The van der Waals surface area contributed by atoms with Gasteiger partial charge in [-0.2, -0.15) is 0 Å². The molecule has 0 radical (unpaired) electrons. The van der Waals surface area contributed by atoms with Crippen LogP contribution in [-0.2, 0) is 6.54 Å². The van der Waals surface area contributed by atoms with Crippen molar-refractivity contribution in [3.8, 4) is 11.6 Å². The molecule has 2 rings (SSSR count). The van der Waals surface area contributed by atoms with Crippen molar-refractivity contribution in [1.82, 2.24) is 10.3 Å². The van der Waals surface area contributed by atoms with Crippen molar-refractivity contribution in [1.29, 1.82) is 0 Å². The summed E-state index contributed by atoms with van der Waals surface area (Å²) in [6, 6.07) is 6.03. The van der Waals surface area contributed by atoms with E-state index in [4.69, 9.17) is 16.3 Å². The number of nitrogens with one attached hydrogen (secondary N) is 1. The maximum Gasteiger partial charge on any atom is 0.238 e. The molecule has 112 valence electrons. The van der Waals surface area contributed by atoms with Gasteiger partial charge in [0.1, 0.15) is 10.8 Å². The summed E-state index contributed by atoms with van der Waals surface area (Å²) in [6.07, 6.45) is 1.80. The number of hydrogen-bond donors (Lipinski definition) is 1. The Kier molecular flexibility index (Phi) is 5.21. The van der Waals surface area contributed by atoms with Crippen molar-refractivity contribution in [2.45, 2.75) is 34.2 Å². The molecule has 0 unspecified atom stereocenters. The molecule has 0 aliphatic heterocycles. The minimum absolute atomic E-state index is 0.453. The first-order chi connectivity index (χ1) is 10.0. The highest BCUT2D eigenvalue weighted by Crippen LogP contribution is 2.33. The van der Waals surface area contributed by atoms with Crippen LogP contribution in [0.5, 0.6) is 11.6 Å². The van der Waals surface area contributed by atoms with Gasteiger partial charge in [-0.1, -0.05) is 30.7 Å². The highest BCUT2D eigenvalue weighted by molar-refractivity contribution is 6.31. The Labute approximate surface area is 131 Å². The molecular weight excluding hydrogens is 284 g/mol. The van der Waals surface area contributed by atoms with Crippen LogP contribution in [-0.4, -0.2) is 11.5 Å². The highest BCUT2D eigenvalue weighted by Gasteiger charge is 2.11. The number of benzene rings is 1. The van der Waals surface area contributed by atoms with Crippen molar-refractivity contribution in [3.63, 3.8) is 0 Å². The fourth-order valence-corrected chi connectivity index (χ4v) is 2.31. The first-order valence-electron chi connectivity index (χ1n) is 7.12. The fourth-order valence-electron chi connectivity index (χ4n) is 2.09. The summed E-state index contributed by atoms with van der Waals surface area (Å²) in [5, 5.41) is 3.78. The summed E-state index contributed by atoms with van der Waals surface area (Å²) in [5.74, 6) is 1.29. The molecule has 0 aliphatic rings. The number of hydrogen-bond acceptors (Lipinski definition) is 3. The van der Waals surface area contributed by atoms with Crippen LogP contribution in [0.2, 0.25) is 5.02 Å². The topological polar surface area (TPSA) is 34.2 Å². The molecule has 0 atom stereocenters. The Bertz CT molecular complexity index is 641. The molecule has 21 heavy (non-hydrogen) atoms. The Morgan fingerprint density at radius 3 is 2.57 bits per heavy atom. The van der Waals surface area contributed by atoms with Crippen molar-refractivity contribution in [3.05, 3.63) is 51.7 Å². The summed E-state index contributed by atoms with van der Waals surface area (Å²) >= 11 is 6.29. The van der Waals surface area contributed by atoms with Crippen LogP contribution >= 0.6 is 11.6 Å². The van der Waals surface area contributed by atoms with E-state index in [0.29, 0.717) is 10.9 Å². The van der Waals surface area contributed by atoms with Crippen molar-refractivity contribution < 1.29 is 4.74 Å². The zero-order valence-electron chi connectivity index (χ0n) is 13.0. The third-order valence-corrected chi connectivity index (χ3v) is 3.79. The molecule has 0 saturated carbocycles. The molecule has 0 aliphatic carbocycles. The van der Waals surface area contributed by atoms with E-state index in [9.17, 15) is 0 Å². The summed E-state index contributed by atoms with van der Waals surface area (Å²) in [5.41, 5.74) is 4.43. The van der Waals surface area contributed by atoms with E-state index in [1.54, 1.807) is 6.20 Å². The lowest BCUT2D eigenvalue weighted by molar-refractivity contribution is 0.455. The van der Waals surface area contributed by atoms with E-state index in [2.05, 4.69) is 30.2 Å². The lowest BCUT2D eigenvalue weighted by atomic mass is 10.1. The maximum absolute atomic E-state index is 6.29. The smallest absolute Gasteiger partial charge is 0.238 e. The molecule has 0 amide bonds. The molecule has 1 aromatic carbocycles. The molecule has 3 nitrogen and oxygen atoms in total.